The first-order valence-corrected chi connectivity index (χ1v) is 10.4. The molecule has 2 heterocycles. The van der Waals surface area contributed by atoms with Crippen LogP contribution in [0, 0.1) is 12.8 Å². The van der Waals surface area contributed by atoms with Crippen molar-refractivity contribution in [3.05, 3.63) is 35.4 Å². The van der Waals surface area contributed by atoms with Crippen LogP contribution < -0.4 is 0 Å². The lowest BCUT2D eigenvalue weighted by Gasteiger charge is -2.25. The number of carbonyl (C=O) groups excluding carboxylic acids is 3. The van der Waals surface area contributed by atoms with Crippen molar-refractivity contribution < 1.29 is 14.4 Å². The minimum atomic E-state index is -0.261. The first-order valence-electron chi connectivity index (χ1n) is 10.4. The molecular formula is C22H32N4O3. The summed E-state index contributed by atoms with van der Waals surface area (Å²) >= 11 is 0. The van der Waals surface area contributed by atoms with Gasteiger partial charge in [0, 0.05) is 59.8 Å². The van der Waals surface area contributed by atoms with Crippen molar-refractivity contribution in [1.82, 2.24) is 19.6 Å². The molecule has 3 rings (SSSR count). The predicted molar refractivity (Wildman–Crippen MR) is 111 cm³/mol. The van der Waals surface area contributed by atoms with Gasteiger partial charge in [-0.25, -0.2) is 0 Å². The van der Waals surface area contributed by atoms with Crippen LogP contribution in [0.5, 0.6) is 0 Å². The molecule has 2 saturated heterocycles. The number of hydrogen-bond acceptors (Lipinski definition) is 4. The van der Waals surface area contributed by atoms with Gasteiger partial charge in [0.25, 0.3) is 0 Å². The SMILES string of the molecule is Cc1ccc(CN2CC(C(=O)N3CCCN(CC(=O)N(C)C)CC3)CC2=O)cc1. The van der Waals surface area contributed by atoms with Gasteiger partial charge >= 0.3 is 0 Å². The molecule has 7 nitrogen and oxygen atoms in total. The molecule has 2 aliphatic rings. The molecule has 0 spiro atoms. The highest BCUT2D eigenvalue weighted by Crippen LogP contribution is 2.23. The molecule has 0 N–H and O–H groups in total. The van der Waals surface area contributed by atoms with Gasteiger partial charge in [-0.2, -0.15) is 0 Å². The molecule has 7 heteroatoms. The smallest absolute Gasteiger partial charge is 0.236 e. The van der Waals surface area contributed by atoms with Crippen LogP contribution in [0.4, 0.5) is 0 Å². The average molecular weight is 401 g/mol. The van der Waals surface area contributed by atoms with Crippen molar-refractivity contribution in [2.45, 2.75) is 26.3 Å². The number of hydrogen-bond donors (Lipinski definition) is 0. The first kappa shape index (κ1) is 21.3. The van der Waals surface area contributed by atoms with E-state index in [2.05, 4.69) is 4.90 Å². The van der Waals surface area contributed by atoms with Crippen LogP contribution in [-0.4, -0.2) is 90.7 Å². The number of carbonyl (C=O) groups is 3. The second-order valence-corrected chi connectivity index (χ2v) is 8.40. The average Bonchev–Trinajstić information content (AvgIpc) is 2.89. The number of rotatable bonds is 5. The van der Waals surface area contributed by atoms with Gasteiger partial charge in [0.05, 0.1) is 12.5 Å². The minimum absolute atomic E-state index is 0.0527. The fourth-order valence-electron chi connectivity index (χ4n) is 3.94. The maximum atomic E-state index is 13.0. The van der Waals surface area contributed by atoms with Crippen LogP contribution in [0.1, 0.15) is 24.0 Å². The summed E-state index contributed by atoms with van der Waals surface area (Å²) in [7, 11) is 3.52. The molecule has 158 valence electrons. The highest BCUT2D eigenvalue weighted by Gasteiger charge is 2.36. The highest BCUT2D eigenvalue weighted by molar-refractivity contribution is 5.89. The summed E-state index contributed by atoms with van der Waals surface area (Å²) in [5, 5.41) is 0. The van der Waals surface area contributed by atoms with Gasteiger partial charge in [-0.3, -0.25) is 19.3 Å². The summed E-state index contributed by atoms with van der Waals surface area (Å²) in [4.78, 5) is 44.8. The molecule has 0 saturated carbocycles. The van der Waals surface area contributed by atoms with Crippen LogP contribution in [0.25, 0.3) is 0 Å². The predicted octanol–water partition coefficient (Wildman–Crippen LogP) is 0.966. The van der Waals surface area contributed by atoms with Crippen molar-refractivity contribution in [3.63, 3.8) is 0 Å². The maximum Gasteiger partial charge on any atom is 0.236 e. The van der Waals surface area contributed by atoms with Gasteiger partial charge in [0.2, 0.25) is 17.7 Å². The number of benzene rings is 1. The normalized spacial score (nSPS) is 20.7. The van der Waals surface area contributed by atoms with E-state index in [0.29, 0.717) is 45.7 Å². The molecule has 0 aromatic heterocycles. The molecule has 1 atom stereocenters. The molecule has 0 radical (unpaired) electrons. The van der Waals surface area contributed by atoms with E-state index in [4.69, 9.17) is 0 Å². The summed E-state index contributed by atoms with van der Waals surface area (Å²) in [6, 6.07) is 8.16. The topological polar surface area (TPSA) is 64.2 Å². The van der Waals surface area contributed by atoms with Crippen molar-refractivity contribution in [1.29, 1.82) is 0 Å². The highest BCUT2D eigenvalue weighted by atomic mass is 16.2. The molecule has 1 unspecified atom stereocenters. The van der Waals surface area contributed by atoms with E-state index >= 15 is 0 Å². The zero-order chi connectivity index (χ0) is 21.0. The van der Waals surface area contributed by atoms with Gasteiger partial charge in [-0.15, -0.1) is 0 Å². The Morgan fingerprint density at radius 1 is 1.07 bits per heavy atom. The fraction of sp³-hybridized carbons (Fsp3) is 0.591. The lowest BCUT2D eigenvalue weighted by molar-refractivity contribution is -0.135. The Balaban J connectivity index is 1.53. The third-order valence-corrected chi connectivity index (χ3v) is 5.82. The van der Waals surface area contributed by atoms with E-state index < -0.39 is 0 Å². The summed E-state index contributed by atoms with van der Waals surface area (Å²) in [6.07, 6.45) is 1.14. The number of amides is 3. The molecule has 3 amide bonds. The molecule has 0 bridgehead atoms. The van der Waals surface area contributed by atoms with Gasteiger partial charge < -0.3 is 14.7 Å². The number of aryl methyl sites for hydroxylation is 1. The largest absolute Gasteiger partial charge is 0.348 e. The summed E-state index contributed by atoms with van der Waals surface area (Å²) in [6.45, 7) is 6.29. The minimum Gasteiger partial charge on any atom is -0.348 e. The Bertz CT molecular complexity index is 747. The second kappa shape index (κ2) is 9.39. The van der Waals surface area contributed by atoms with Gasteiger partial charge in [-0.05, 0) is 18.9 Å². The molecule has 1 aromatic carbocycles. The molecule has 29 heavy (non-hydrogen) atoms. The van der Waals surface area contributed by atoms with Gasteiger partial charge in [0.15, 0.2) is 0 Å². The Kier molecular flexibility index (Phi) is 6.90. The number of nitrogens with zero attached hydrogens (tertiary/aromatic N) is 4. The fourth-order valence-corrected chi connectivity index (χ4v) is 3.94. The van der Waals surface area contributed by atoms with Crippen molar-refractivity contribution >= 4 is 17.7 Å². The van der Waals surface area contributed by atoms with E-state index in [-0.39, 0.29) is 23.6 Å². The zero-order valence-corrected chi connectivity index (χ0v) is 17.8. The molecule has 0 aliphatic carbocycles. The van der Waals surface area contributed by atoms with Crippen molar-refractivity contribution in [2.24, 2.45) is 5.92 Å². The third kappa shape index (κ3) is 5.56. The maximum absolute atomic E-state index is 13.0. The van der Waals surface area contributed by atoms with E-state index in [0.717, 1.165) is 18.5 Å². The summed E-state index contributed by atoms with van der Waals surface area (Å²) in [5.74, 6) is -0.0525. The molecular weight excluding hydrogens is 368 g/mol. The summed E-state index contributed by atoms with van der Waals surface area (Å²) in [5.41, 5.74) is 2.28. The van der Waals surface area contributed by atoms with Gasteiger partial charge in [0.1, 0.15) is 0 Å². The second-order valence-electron chi connectivity index (χ2n) is 8.40. The quantitative estimate of drug-likeness (QED) is 0.739. The van der Waals surface area contributed by atoms with Crippen molar-refractivity contribution in [2.75, 3.05) is 53.4 Å². The molecule has 1 aromatic rings. The van der Waals surface area contributed by atoms with Crippen LogP contribution >= 0.6 is 0 Å². The molecule has 2 fully saturated rings. The Hall–Kier alpha value is -2.41. The van der Waals surface area contributed by atoms with E-state index in [9.17, 15) is 14.4 Å². The monoisotopic (exact) mass is 400 g/mol. The van der Waals surface area contributed by atoms with E-state index in [1.165, 1.54) is 5.56 Å². The zero-order valence-electron chi connectivity index (χ0n) is 17.8. The Morgan fingerprint density at radius 2 is 1.79 bits per heavy atom. The standard InChI is InChI=1S/C22H32N4O3/c1-17-5-7-18(8-6-17)14-26-15-19(13-20(26)27)22(29)25-10-4-9-24(11-12-25)16-21(28)23(2)3/h5-8,19H,4,9-16H2,1-3H3. The Morgan fingerprint density at radius 3 is 2.48 bits per heavy atom. The van der Waals surface area contributed by atoms with Crippen LogP contribution in [0.2, 0.25) is 0 Å². The lowest BCUT2D eigenvalue weighted by atomic mass is 10.1. The van der Waals surface area contributed by atoms with Crippen LogP contribution in [0.3, 0.4) is 0 Å². The third-order valence-electron chi connectivity index (χ3n) is 5.82. The van der Waals surface area contributed by atoms with Crippen LogP contribution in [-0.2, 0) is 20.9 Å². The first-order chi connectivity index (χ1) is 13.8. The van der Waals surface area contributed by atoms with E-state index in [1.54, 1.807) is 23.9 Å². The summed E-state index contributed by atoms with van der Waals surface area (Å²) < 4.78 is 0. The number of likely N-dealkylation sites (tertiary alicyclic amines) is 1. The van der Waals surface area contributed by atoms with Crippen LogP contribution in [0.15, 0.2) is 24.3 Å². The Labute approximate surface area is 173 Å². The van der Waals surface area contributed by atoms with Crippen molar-refractivity contribution in [3.8, 4) is 0 Å². The lowest BCUT2D eigenvalue weighted by Crippen LogP contribution is -2.41. The van der Waals surface area contributed by atoms with Gasteiger partial charge in [-0.1, -0.05) is 29.8 Å². The number of likely N-dealkylation sites (N-methyl/N-ethyl adjacent to an activating group) is 1. The molecule has 2 aliphatic heterocycles. The van der Waals surface area contributed by atoms with E-state index in [1.807, 2.05) is 36.1 Å².